The van der Waals surface area contributed by atoms with Crippen LogP contribution in [0.1, 0.15) is 26.7 Å². The molecule has 2 saturated carbocycles. The predicted molar refractivity (Wildman–Crippen MR) is 53.0 cm³/mol. The molecule has 0 aromatic heterocycles. The number of nitrogens with one attached hydrogen (secondary N) is 1. The first-order chi connectivity index (χ1) is 6.89. The molecule has 2 atom stereocenters. The molecule has 0 unspecified atom stereocenters. The van der Waals surface area contributed by atoms with Crippen LogP contribution in [0.4, 0.5) is 0 Å². The lowest BCUT2D eigenvalue weighted by Gasteiger charge is -2.33. The van der Waals surface area contributed by atoms with Crippen LogP contribution in [0.15, 0.2) is 0 Å². The standard InChI is InChI=1S/C11H15NO3/c1-10(2)6-4-5-11(10,9(15)12-3)8(14)7(6)13/h6H,4-5H2,1-3H3,(H,12,15)/t6-,11-/m0/s1. The highest BCUT2D eigenvalue weighted by molar-refractivity contribution is 6.47. The summed E-state index contributed by atoms with van der Waals surface area (Å²) in [4.78, 5) is 35.5. The van der Waals surface area contributed by atoms with Gasteiger partial charge in [0.1, 0.15) is 5.41 Å². The van der Waals surface area contributed by atoms with Crippen molar-refractivity contribution in [2.45, 2.75) is 26.7 Å². The van der Waals surface area contributed by atoms with Crippen LogP contribution in [0.3, 0.4) is 0 Å². The average molecular weight is 209 g/mol. The molecule has 2 aliphatic carbocycles. The minimum Gasteiger partial charge on any atom is -0.358 e. The van der Waals surface area contributed by atoms with Gasteiger partial charge in [0.25, 0.3) is 0 Å². The molecule has 0 saturated heterocycles. The molecule has 0 aromatic carbocycles. The first kappa shape index (κ1) is 10.3. The molecule has 2 rings (SSSR count). The molecule has 0 aromatic rings. The van der Waals surface area contributed by atoms with Gasteiger partial charge < -0.3 is 5.32 Å². The second kappa shape index (κ2) is 2.68. The van der Waals surface area contributed by atoms with E-state index in [0.29, 0.717) is 12.8 Å². The van der Waals surface area contributed by atoms with Gasteiger partial charge in [-0.15, -0.1) is 0 Å². The minimum absolute atomic E-state index is 0.262. The van der Waals surface area contributed by atoms with E-state index in [4.69, 9.17) is 0 Å². The van der Waals surface area contributed by atoms with Crippen LogP contribution in [0.25, 0.3) is 0 Å². The van der Waals surface area contributed by atoms with Crippen molar-refractivity contribution in [3.05, 3.63) is 0 Å². The number of fused-ring (bicyclic) bond motifs is 2. The van der Waals surface area contributed by atoms with E-state index in [9.17, 15) is 14.4 Å². The van der Waals surface area contributed by atoms with Crippen LogP contribution in [-0.4, -0.2) is 24.5 Å². The number of carbonyl (C=O) groups is 3. The Morgan fingerprint density at radius 1 is 1.40 bits per heavy atom. The smallest absolute Gasteiger partial charge is 0.234 e. The number of hydrogen-bond acceptors (Lipinski definition) is 3. The van der Waals surface area contributed by atoms with Gasteiger partial charge in [-0.2, -0.15) is 0 Å². The minimum atomic E-state index is -1.09. The molecule has 15 heavy (non-hydrogen) atoms. The highest BCUT2D eigenvalue weighted by Gasteiger charge is 2.72. The van der Waals surface area contributed by atoms with Crippen LogP contribution in [0.5, 0.6) is 0 Å². The third-order valence-corrected chi connectivity index (χ3v) is 4.32. The van der Waals surface area contributed by atoms with E-state index >= 15 is 0 Å². The lowest BCUT2D eigenvalue weighted by Crippen LogP contribution is -2.49. The van der Waals surface area contributed by atoms with Crippen LogP contribution in [-0.2, 0) is 14.4 Å². The zero-order valence-electron chi connectivity index (χ0n) is 9.22. The molecule has 2 bridgehead atoms. The van der Waals surface area contributed by atoms with Gasteiger partial charge in [0.15, 0.2) is 0 Å². The van der Waals surface area contributed by atoms with Crippen LogP contribution in [0, 0.1) is 16.7 Å². The van der Waals surface area contributed by atoms with Gasteiger partial charge >= 0.3 is 0 Å². The second-order valence-corrected chi connectivity index (χ2v) is 4.99. The van der Waals surface area contributed by atoms with Gasteiger partial charge in [-0.25, -0.2) is 0 Å². The summed E-state index contributed by atoms with van der Waals surface area (Å²) >= 11 is 0. The average Bonchev–Trinajstić information content (AvgIpc) is 2.53. The Labute approximate surface area is 88.4 Å². The molecule has 0 spiro atoms. The predicted octanol–water partition coefficient (Wildman–Crippen LogP) is 0.307. The first-order valence-electron chi connectivity index (χ1n) is 5.20. The Morgan fingerprint density at radius 2 is 2.00 bits per heavy atom. The summed E-state index contributed by atoms with van der Waals surface area (Å²) in [5.41, 5.74) is -1.62. The molecular weight excluding hydrogens is 194 g/mol. The monoisotopic (exact) mass is 209 g/mol. The number of carbonyl (C=O) groups excluding carboxylic acids is 3. The van der Waals surface area contributed by atoms with Crippen molar-refractivity contribution in [3.8, 4) is 0 Å². The number of rotatable bonds is 1. The highest BCUT2D eigenvalue weighted by Crippen LogP contribution is 2.62. The van der Waals surface area contributed by atoms with Crippen LogP contribution >= 0.6 is 0 Å². The Kier molecular flexibility index (Phi) is 1.85. The molecule has 1 amide bonds. The number of amides is 1. The van der Waals surface area contributed by atoms with Gasteiger partial charge in [0.05, 0.1) is 0 Å². The number of hydrogen-bond donors (Lipinski definition) is 1. The SMILES string of the molecule is CNC(=O)[C@]12CC[C@@H](C(=O)C1=O)C2(C)C. The maximum absolute atomic E-state index is 11.9. The summed E-state index contributed by atoms with van der Waals surface area (Å²) in [7, 11) is 1.51. The summed E-state index contributed by atoms with van der Waals surface area (Å²) < 4.78 is 0. The van der Waals surface area contributed by atoms with E-state index in [2.05, 4.69) is 5.32 Å². The largest absolute Gasteiger partial charge is 0.358 e. The van der Waals surface area contributed by atoms with Gasteiger partial charge in [0.2, 0.25) is 17.5 Å². The van der Waals surface area contributed by atoms with E-state index in [1.165, 1.54) is 7.05 Å². The van der Waals surface area contributed by atoms with Crippen molar-refractivity contribution < 1.29 is 14.4 Å². The van der Waals surface area contributed by atoms with E-state index in [1.54, 1.807) is 0 Å². The summed E-state index contributed by atoms with van der Waals surface area (Å²) in [6.07, 6.45) is 1.17. The van der Waals surface area contributed by atoms with E-state index in [0.717, 1.165) is 0 Å². The zero-order valence-corrected chi connectivity index (χ0v) is 9.22. The Morgan fingerprint density at radius 3 is 2.40 bits per heavy atom. The Bertz CT molecular complexity index is 372. The molecule has 0 heterocycles. The molecule has 82 valence electrons. The maximum atomic E-state index is 11.9. The zero-order chi connectivity index (χ0) is 11.4. The molecule has 4 heteroatoms. The second-order valence-electron chi connectivity index (χ2n) is 4.99. The number of Topliss-reactive ketones (excluding diaryl/α,β-unsaturated/α-hetero) is 2. The topological polar surface area (TPSA) is 63.2 Å². The summed E-state index contributed by atoms with van der Waals surface area (Å²) in [5.74, 6) is -1.40. The van der Waals surface area contributed by atoms with Gasteiger partial charge in [-0.1, -0.05) is 13.8 Å². The van der Waals surface area contributed by atoms with Crippen molar-refractivity contribution in [2.24, 2.45) is 16.7 Å². The van der Waals surface area contributed by atoms with Crippen LogP contribution in [0.2, 0.25) is 0 Å². The van der Waals surface area contributed by atoms with E-state index in [-0.39, 0.29) is 17.6 Å². The molecule has 2 fully saturated rings. The van der Waals surface area contributed by atoms with Gasteiger partial charge in [0, 0.05) is 13.0 Å². The summed E-state index contributed by atoms with van der Waals surface area (Å²) in [6, 6.07) is 0. The van der Waals surface area contributed by atoms with E-state index < -0.39 is 16.6 Å². The fourth-order valence-corrected chi connectivity index (χ4v) is 3.30. The highest BCUT2D eigenvalue weighted by atomic mass is 16.2. The lowest BCUT2D eigenvalue weighted by molar-refractivity contribution is -0.148. The molecule has 1 N–H and O–H groups in total. The lowest BCUT2D eigenvalue weighted by atomic mass is 9.68. The van der Waals surface area contributed by atoms with Crippen LogP contribution < -0.4 is 5.32 Å². The maximum Gasteiger partial charge on any atom is 0.234 e. The Hall–Kier alpha value is -1.19. The van der Waals surface area contributed by atoms with Gasteiger partial charge in [-0.05, 0) is 18.3 Å². The van der Waals surface area contributed by atoms with Crippen molar-refractivity contribution in [2.75, 3.05) is 7.05 Å². The summed E-state index contributed by atoms with van der Waals surface area (Å²) in [5, 5.41) is 2.52. The first-order valence-corrected chi connectivity index (χ1v) is 5.20. The van der Waals surface area contributed by atoms with Crippen molar-refractivity contribution in [1.29, 1.82) is 0 Å². The Balaban J connectivity index is 2.59. The number of ketones is 2. The normalized spacial score (nSPS) is 37.1. The molecule has 4 nitrogen and oxygen atoms in total. The molecular formula is C11H15NO3. The van der Waals surface area contributed by atoms with Crippen molar-refractivity contribution >= 4 is 17.5 Å². The molecule has 0 radical (unpaired) electrons. The van der Waals surface area contributed by atoms with Crippen molar-refractivity contribution in [3.63, 3.8) is 0 Å². The third kappa shape index (κ3) is 0.856. The van der Waals surface area contributed by atoms with E-state index in [1.807, 2.05) is 13.8 Å². The fourth-order valence-electron chi connectivity index (χ4n) is 3.30. The third-order valence-electron chi connectivity index (χ3n) is 4.32. The van der Waals surface area contributed by atoms with Crippen molar-refractivity contribution in [1.82, 2.24) is 5.32 Å². The fraction of sp³-hybridized carbons (Fsp3) is 0.727. The molecule has 2 aliphatic rings. The quantitative estimate of drug-likeness (QED) is 0.499. The van der Waals surface area contributed by atoms with Gasteiger partial charge in [-0.3, -0.25) is 14.4 Å². The molecule has 0 aliphatic heterocycles. The summed E-state index contributed by atoms with van der Waals surface area (Å²) in [6.45, 7) is 3.70.